The molecule has 0 saturated carbocycles. The molecule has 0 unspecified atom stereocenters. The second kappa shape index (κ2) is 9.11. The highest BCUT2D eigenvalue weighted by Crippen LogP contribution is 2.21. The van der Waals surface area contributed by atoms with E-state index < -0.39 is 5.82 Å². The van der Waals surface area contributed by atoms with Gasteiger partial charge in [0.1, 0.15) is 21.5 Å². The van der Waals surface area contributed by atoms with Gasteiger partial charge in [0.25, 0.3) is 5.91 Å². The molecule has 5 nitrogen and oxygen atoms in total. The first-order chi connectivity index (χ1) is 13.8. The van der Waals surface area contributed by atoms with Crippen molar-refractivity contribution in [1.82, 2.24) is 10.3 Å². The van der Waals surface area contributed by atoms with Crippen molar-refractivity contribution in [2.45, 2.75) is 19.9 Å². The Kier molecular flexibility index (Phi) is 6.56. The Morgan fingerprint density at radius 3 is 2.55 bits per heavy atom. The van der Waals surface area contributed by atoms with Crippen molar-refractivity contribution in [3.63, 3.8) is 0 Å². The number of nitrogens with one attached hydrogen (secondary N) is 2. The normalized spacial score (nSPS) is 10.6. The van der Waals surface area contributed by atoms with Gasteiger partial charge in [0.15, 0.2) is 0 Å². The number of rotatable bonds is 6. The minimum absolute atomic E-state index is 0.0360. The maximum atomic E-state index is 13.2. The average Bonchev–Trinajstić information content (AvgIpc) is 3.04. The summed E-state index contributed by atoms with van der Waals surface area (Å²) in [5, 5.41) is 5.75. The summed E-state index contributed by atoms with van der Waals surface area (Å²) >= 11 is 6.82. The number of anilines is 1. The Morgan fingerprint density at radius 2 is 1.86 bits per heavy atom. The molecule has 0 bridgehead atoms. The fourth-order valence-corrected chi connectivity index (χ4v) is 3.68. The summed E-state index contributed by atoms with van der Waals surface area (Å²) in [7, 11) is 0. The molecule has 1 heterocycles. The molecule has 0 aliphatic heterocycles. The number of amides is 2. The lowest BCUT2D eigenvalue weighted by molar-refractivity contribution is -0.115. The maximum absolute atomic E-state index is 13.2. The molecule has 0 aliphatic carbocycles. The molecule has 0 atom stereocenters. The van der Waals surface area contributed by atoms with Gasteiger partial charge in [-0.2, -0.15) is 0 Å². The fraction of sp³-hybridized carbons (Fsp3) is 0.150. The topological polar surface area (TPSA) is 71.1 Å². The highest BCUT2D eigenvalue weighted by atomic mass is 35.5. The van der Waals surface area contributed by atoms with Gasteiger partial charge in [-0.3, -0.25) is 9.59 Å². The van der Waals surface area contributed by atoms with E-state index in [1.165, 1.54) is 24.3 Å². The summed E-state index contributed by atoms with van der Waals surface area (Å²) in [6.07, 6.45) is -0.0360. The summed E-state index contributed by atoms with van der Waals surface area (Å²) in [4.78, 5) is 29.3. The maximum Gasteiger partial charge on any atom is 0.263 e. The molecule has 3 aromatic rings. The molecular weight excluding hydrogens is 420 g/mol. The number of aromatic nitrogens is 1. The minimum Gasteiger partial charge on any atom is -0.347 e. The monoisotopic (exact) mass is 435 g/mol. The zero-order valence-electron chi connectivity index (χ0n) is 15.3. The van der Waals surface area contributed by atoms with Gasteiger partial charge in [0.2, 0.25) is 5.91 Å². The standard InChI is InChI=1S/C20H16ClF2N3O2S/c1-11-19(20(28)24-10-12-2-4-13(22)5-3-12)29-18(25-11)9-17(27)26-14-6-7-16(23)15(21)8-14/h2-8H,9-10H2,1H3,(H,24,28)(H,26,27). The van der Waals surface area contributed by atoms with Gasteiger partial charge in [0, 0.05) is 12.2 Å². The molecule has 2 aromatic carbocycles. The summed E-state index contributed by atoms with van der Waals surface area (Å²) in [6.45, 7) is 1.93. The summed E-state index contributed by atoms with van der Waals surface area (Å²) in [5.74, 6) is -1.60. The lowest BCUT2D eigenvalue weighted by atomic mass is 10.2. The molecule has 0 spiro atoms. The van der Waals surface area contributed by atoms with Crippen LogP contribution in [-0.2, 0) is 17.8 Å². The highest BCUT2D eigenvalue weighted by Gasteiger charge is 2.17. The van der Waals surface area contributed by atoms with E-state index in [1.807, 2.05) is 0 Å². The van der Waals surface area contributed by atoms with Gasteiger partial charge in [-0.1, -0.05) is 23.7 Å². The van der Waals surface area contributed by atoms with Crippen LogP contribution in [0.2, 0.25) is 5.02 Å². The number of nitrogens with zero attached hydrogens (tertiary/aromatic N) is 1. The Morgan fingerprint density at radius 1 is 1.14 bits per heavy atom. The molecule has 2 N–H and O–H groups in total. The van der Waals surface area contributed by atoms with Crippen LogP contribution < -0.4 is 10.6 Å². The summed E-state index contributed by atoms with van der Waals surface area (Å²) < 4.78 is 26.1. The number of hydrogen-bond acceptors (Lipinski definition) is 4. The largest absolute Gasteiger partial charge is 0.347 e. The van der Waals surface area contributed by atoms with Crippen LogP contribution in [0.3, 0.4) is 0 Å². The quantitative estimate of drug-likeness (QED) is 0.599. The minimum atomic E-state index is -0.573. The predicted octanol–water partition coefficient (Wildman–Crippen LogP) is 4.49. The summed E-state index contributed by atoms with van der Waals surface area (Å²) in [6, 6.07) is 9.71. The van der Waals surface area contributed by atoms with Gasteiger partial charge >= 0.3 is 0 Å². The van der Waals surface area contributed by atoms with Crippen molar-refractivity contribution in [3.8, 4) is 0 Å². The Bertz CT molecular complexity index is 1050. The molecule has 29 heavy (non-hydrogen) atoms. The van der Waals surface area contributed by atoms with Gasteiger partial charge in [-0.25, -0.2) is 13.8 Å². The average molecular weight is 436 g/mol. The van der Waals surface area contributed by atoms with E-state index >= 15 is 0 Å². The van der Waals surface area contributed by atoms with Gasteiger partial charge in [0.05, 0.1) is 17.1 Å². The van der Waals surface area contributed by atoms with Crippen LogP contribution in [0.5, 0.6) is 0 Å². The molecule has 0 saturated heterocycles. The number of hydrogen-bond donors (Lipinski definition) is 2. The Hall–Kier alpha value is -2.84. The first kappa shape index (κ1) is 20.9. The van der Waals surface area contributed by atoms with Crippen molar-refractivity contribution in [2.24, 2.45) is 0 Å². The van der Waals surface area contributed by atoms with E-state index in [9.17, 15) is 18.4 Å². The van der Waals surface area contributed by atoms with Crippen LogP contribution in [0.25, 0.3) is 0 Å². The van der Waals surface area contributed by atoms with E-state index in [2.05, 4.69) is 15.6 Å². The van der Waals surface area contributed by atoms with Crippen molar-refractivity contribution >= 4 is 40.4 Å². The smallest absolute Gasteiger partial charge is 0.263 e. The number of carbonyl (C=O) groups is 2. The Balaban J connectivity index is 1.59. The van der Waals surface area contributed by atoms with Crippen molar-refractivity contribution in [1.29, 1.82) is 0 Å². The second-order valence-electron chi connectivity index (χ2n) is 6.19. The van der Waals surface area contributed by atoms with E-state index in [0.29, 0.717) is 21.3 Å². The van der Waals surface area contributed by atoms with E-state index in [-0.39, 0.29) is 35.6 Å². The van der Waals surface area contributed by atoms with Crippen molar-refractivity contribution in [2.75, 3.05) is 5.32 Å². The zero-order valence-corrected chi connectivity index (χ0v) is 16.8. The SMILES string of the molecule is Cc1nc(CC(=O)Nc2ccc(F)c(Cl)c2)sc1C(=O)NCc1ccc(F)cc1. The molecular formula is C20H16ClF2N3O2S. The number of aryl methyl sites for hydroxylation is 1. The van der Waals surface area contributed by atoms with Crippen LogP contribution >= 0.6 is 22.9 Å². The third-order valence-electron chi connectivity index (χ3n) is 3.93. The van der Waals surface area contributed by atoms with E-state index in [4.69, 9.17) is 11.6 Å². The van der Waals surface area contributed by atoms with Crippen LogP contribution in [0.15, 0.2) is 42.5 Å². The molecule has 3 rings (SSSR count). The number of thiazole rings is 1. The van der Waals surface area contributed by atoms with E-state index in [0.717, 1.165) is 23.0 Å². The van der Waals surface area contributed by atoms with Crippen molar-refractivity contribution in [3.05, 3.63) is 80.3 Å². The molecule has 0 aliphatic rings. The van der Waals surface area contributed by atoms with Gasteiger partial charge in [-0.05, 0) is 42.8 Å². The molecule has 150 valence electrons. The van der Waals surface area contributed by atoms with Crippen molar-refractivity contribution < 1.29 is 18.4 Å². The predicted molar refractivity (Wildman–Crippen MR) is 108 cm³/mol. The third kappa shape index (κ3) is 5.58. The molecule has 1 aromatic heterocycles. The van der Waals surface area contributed by atoms with Gasteiger partial charge in [-0.15, -0.1) is 11.3 Å². The Labute approximate surface area is 174 Å². The van der Waals surface area contributed by atoms with Crippen LogP contribution in [0.4, 0.5) is 14.5 Å². The van der Waals surface area contributed by atoms with Crippen LogP contribution in [0, 0.1) is 18.6 Å². The highest BCUT2D eigenvalue weighted by molar-refractivity contribution is 7.13. The molecule has 0 radical (unpaired) electrons. The van der Waals surface area contributed by atoms with Crippen LogP contribution in [-0.4, -0.2) is 16.8 Å². The first-order valence-electron chi connectivity index (χ1n) is 8.55. The second-order valence-corrected chi connectivity index (χ2v) is 7.68. The number of benzene rings is 2. The van der Waals surface area contributed by atoms with Gasteiger partial charge < -0.3 is 10.6 Å². The number of halogens is 3. The lowest BCUT2D eigenvalue weighted by Gasteiger charge is -2.05. The van der Waals surface area contributed by atoms with Crippen LogP contribution in [0.1, 0.15) is 25.9 Å². The first-order valence-corrected chi connectivity index (χ1v) is 9.75. The van der Waals surface area contributed by atoms with E-state index in [1.54, 1.807) is 19.1 Å². The lowest BCUT2D eigenvalue weighted by Crippen LogP contribution is -2.22. The number of carbonyl (C=O) groups excluding carboxylic acids is 2. The third-order valence-corrected chi connectivity index (χ3v) is 5.37. The fourth-order valence-electron chi connectivity index (χ4n) is 2.52. The molecule has 0 fully saturated rings. The molecule has 2 amide bonds. The summed E-state index contributed by atoms with van der Waals surface area (Å²) in [5.41, 5.74) is 1.64. The zero-order chi connectivity index (χ0) is 21.0. The molecule has 9 heteroatoms.